The Morgan fingerprint density at radius 3 is 2.89 bits per heavy atom. The standard InChI is InChI=1S/C18H22N4O5/c1-17(2)26-15-12(8-24)25-14(18(15,3)27-17)11-7-10(5-4-6-23)13-16(19)20-9-21-22(11)13/h4-7,9,12,14-15,24H,8H2,1-3H3,(H2,19,20,21)/b5-4+/t12-,14?,15-,18+/m1/s1. The van der Waals surface area contributed by atoms with Crippen LogP contribution in [0.4, 0.5) is 5.82 Å². The number of aromatic nitrogens is 3. The summed E-state index contributed by atoms with van der Waals surface area (Å²) < 4.78 is 20.0. The lowest BCUT2D eigenvalue weighted by Crippen LogP contribution is -2.40. The number of aliphatic hydroxyl groups is 1. The first-order chi connectivity index (χ1) is 12.8. The first-order valence-electron chi connectivity index (χ1n) is 8.69. The molecule has 4 rings (SSSR count). The fourth-order valence-electron chi connectivity index (χ4n) is 4.14. The molecule has 2 aromatic rings. The highest BCUT2D eigenvalue weighted by Crippen LogP contribution is 2.53. The molecule has 0 aromatic carbocycles. The van der Waals surface area contributed by atoms with E-state index in [1.807, 2.05) is 26.8 Å². The van der Waals surface area contributed by atoms with Gasteiger partial charge in [-0.05, 0) is 39.0 Å². The summed E-state index contributed by atoms with van der Waals surface area (Å²) in [6.45, 7) is 5.36. The van der Waals surface area contributed by atoms with Gasteiger partial charge in [-0.15, -0.1) is 0 Å². The van der Waals surface area contributed by atoms with Crippen LogP contribution in [-0.4, -0.2) is 56.2 Å². The molecule has 0 aliphatic carbocycles. The van der Waals surface area contributed by atoms with E-state index >= 15 is 0 Å². The van der Waals surface area contributed by atoms with Gasteiger partial charge < -0.3 is 25.1 Å². The van der Waals surface area contributed by atoms with Crippen molar-refractivity contribution in [2.45, 2.75) is 50.5 Å². The Morgan fingerprint density at radius 1 is 1.41 bits per heavy atom. The molecule has 0 radical (unpaired) electrons. The number of aliphatic hydroxyl groups excluding tert-OH is 1. The normalized spacial score (nSPS) is 32.4. The molecule has 2 aromatic heterocycles. The highest BCUT2D eigenvalue weighted by molar-refractivity contribution is 5.84. The molecule has 0 saturated carbocycles. The third kappa shape index (κ3) is 2.66. The van der Waals surface area contributed by atoms with Gasteiger partial charge in [0.1, 0.15) is 42.0 Å². The van der Waals surface area contributed by atoms with E-state index in [-0.39, 0.29) is 12.4 Å². The smallest absolute Gasteiger partial charge is 0.164 e. The first-order valence-corrected chi connectivity index (χ1v) is 8.69. The number of carbonyl (C=O) groups excluding carboxylic acids is 1. The van der Waals surface area contributed by atoms with Gasteiger partial charge >= 0.3 is 0 Å². The second-order valence-electron chi connectivity index (χ2n) is 7.39. The number of hydrogen-bond donors (Lipinski definition) is 2. The third-order valence-corrected chi connectivity index (χ3v) is 5.05. The van der Waals surface area contributed by atoms with E-state index < -0.39 is 29.7 Å². The van der Waals surface area contributed by atoms with Gasteiger partial charge in [0.05, 0.1) is 12.3 Å². The van der Waals surface area contributed by atoms with Gasteiger partial charge in [0, 0.05) is 5.56 Å². The van der Waals surface area contributed by atoms with Crippen molar-refractivity contribution in [2.75, 3.05) is 12.3 Å². The summed E-state index contributed by atoms with van der Waals surface area (Å²) >= 11 is 0. The van der Waals surface area contributed by atoms with Crippen LogP contribution in [0.1, 0.15) is 38.1 Å². The highest BCUT2D eigenvalue weighted by Gasteiger charge is 2.64. The Kier molecular flexibility index (Phi) is 4.08. The topological polar surface area (TPSA) is 121 Å². The van der Waals surface area contributed by atoms with E-state index in [1.54, 1.807) is 10.6 Å². The summed E-state index contributed by atoms with van der Waals surface area (Å²) in [6.07, 6.45) is 3.50. The van der Waals surface area contributed by atoms with Crippen LogP contribution in [0.15, 0.2) is 18.5 Å². The minimum Gasteiger partial charge on any atom is -0.394 e. The molecule has 27 heavy (non-hydrogen) atoms. The van der Waals surface area contributed by atoms with Gasteiger partial charge in [-0.2, -0.15) is 5.10 Å². The predicted molar refractivity (Wildman–Crippen MR) is 95.6 cm³/mol. The molecule has 2 aliphatic rings. The fourth-order valence-corrected chi connectivity index (χ4v) is 4.14. The number of aldehydes is 1. The van der Waals surface area contributed by atoms with Crippen molar-refractivity contribution < 1.29 is 24.1 Å². The van der Waals surface area contributed by atoms with Gasteiger partial charge in [0.25, 0.3) is 0 Å². The van der Waals surface area contributed by atoms with Crippen molar-refractivity contribution in [1.29, 1.82) is 0 Å². The number of anilines is 1. The molecule has 9 heteroatoms. The predicted octanol–water partition coefficient (Wildman–Crippen LogP) is 0.866. The molecule has 2 saturated heterocycles. The maximum absolute atomic E-state index is 10.8. The van der Waals surface area contributed by atoms with E-state index in [1.165, 1.54) is 12.4 Å². The van der Waals surface area contributed by atoms with Crippen LogP contribution in [0.2, 0.25) is 0 Å². The van der Waals surface area contributed by atoms with Crippen LogP contribution in [-0.2, 0) is 19.0 Å². The summed E-state index contributed by atoms with van der Waals surface area (Å²) in [5.74, 6) is -0.528. The summed E-state index contributed by atoms with van der Waals surface area (Å²) in [6, 6.07) is 1.84. The molecule has 0 bridgehead atoms. The van der Waals surface area contributed by atoms with Crippen LogP contribution in [0, 0.1) is 0 Å². The lowest BCUT2D eigenvalue weighted by molar-refractivity contribution is -0.207. The van der Waals surface area contributed by atoms with Gasteiger partial charge in [0.2, 0.25) is 0 Å². The van der Waals surface area contributed by atoms with Gasteiger partial charge in [0.15, 0.2) is 11.6 Å². The number of fused-ring (bicyclic) bond motifs is 2. The number of carbonyl (C=O) groups is 1. The number of ether oxygens (including phenoxy) is 3. The summed E-state index contributed by atoms with van der Waals surface area (Å²) in [5.41, 5.74) is 7.14. The molecule has 3 N–H and O–H groups in total. The van der Waals surface area contributed by atoms with E-state index in [2.05, 4.69) is 10.1 Å². The maximum Gasteiger partial charge on any atom is 0.164 e. The van der Waals surface area contributed by atoms with Gasteiger partial charge in [-0.1, -0.05) is 0 Å². The van der Waals surface area contributed by atoms with E-state index in [0.717, 1.165) is 0 Å². The average molecular weight is 374 g/mol. The SMILES string of the molecule is CC1(C)O[C@@H]2[C@@H](CO)OC(c3cc(/C=C/C=O)c4c(N)ncnn34)[C@]2(C)O1. The lowest BCUT2D eigenvalue weighted by Gasteiger charge is -2.29. The molecule has 4 heterocycles. The third-order valence-electron chi connectivity index (χ3n) is 5.05. The van der Waals surface area contributed by atoms with Crippen molar-refractivity contribution in [3.63, 3.8) is 0 Å². The fraction of sp³-hybridized carbons (Fsp3) is 0.500. The zero-order valence-electron chi connectivity index (χ0n) is 15.3. The number of nitrogens with zero attached hydrogens (tertiary/aromatic N) is 3. The van der Waals surface area contributed by atoms with Crippen LogP contribution < -0.4 is 5.73 Å². The van der Waals surface area contributed by atoms with Crippen molar-refractivity contribution in [3.8, 4) is 0 Å². The molecule has 1 unspecified atom stereocenters. The second-order valence-corrected chi connectivity index (χ2v) is 7.39. The molecule has 0 spiro atoms. The van der Waals surface area contributed by atoms with E-state index in [4.69, 9.17) is 19.9 Å². The molecule has 9 nitrogen and oxygen atoms in total. The maximum atomic E-state index is 10.8. The molecule has 144 valence electrons. The Bertz CT molecular complexity index is 924. The summed E-state index contributed by atoms with van der Waals surface area (Å²) in [7, 11) is 0. The zero-order chi connectivity index (χ0) is 19.4. The van der Waals surface area contributed by atoms with Crippen molar-refractivity contribution in [3.05, 3.63) is 29.7 Å². The van der Waals surface area contributed by atoms with Crippen molar-refractivity contribution >= 4 is 23.7 Å². The molecule has 4 atom stereocenters. The largest absolute Gasteiger partial charge is 0.394 e. The molecule has 0 amide bonds. The first kappa shape index (κ1) is 18.1. The number of rotatable bonds is 4. The minimum absolute atomic E-state index is 0.200. The van der Waals surface area contributed by atoms with Crippen molar-refractivity contribution in [2.24, 2.45) is 0 Å². The van der Waals surface area contributed by atoms with Crippen LogP contribution >= 0.6 is 0 Å². The van der Waals surface area contributed by atoms with Gasteiger partial charge in [-0.3, -0.25) is 4.79 Å². The lowest BCUT2D eigenvalue weighted by atomic mass is 9.91. The highest BCUT2D eigenvalue weighted by atomic mass is 16.8. The average Bonchev–Trinajstić information content (AvgIpc) is 3.18. The molecular formula is C18H22N4O5. The van der Waals surface area contributed by atoms with Gasteiger partial charge in [-0.25, -0.2) is 9.50 Å². The summed E-state index contributed by atoms with van der Waals surface area (Å²) in [4.78, 5) is 14.8. The van der Waals surface area contributed by atoms with Crippen LogP contribution in [0.25, 0.3) is 11.6 Å². The van der Waals surface area contributed by atoms with Crippen LogP contribution in [0.3, 0.4) is 0 Å². The number of allylic oxidation sites excluding steroid dienone is 1. The Labute approximate surface area is 155 Å². The Balaban J connectivity index is 1.88. The van der Waals surface area contributed by atoms with Crippen molar-refractivity contribution in [1.82, 2.24) is 14.6 Å². The van der Waals surface area contributed by atoms with E-state index in [0.29, 0.717) is 23.1 Å². The number of nitrogen functional groups attached to an aromatic ring is 1. The van der Waals surface area contributed by atoms with E-state index in [9.17, 15) is 9.90 Å². The summed E-state index contributed by atoms with van der Waals surface area (Å²) in [5, 5.41) is 14.1. The molecule has 2 aliphatic heterocycles. The number of hydrogen-bond acceptors (Lipinski definition) is 8. The Hall–Kier alpha value is -2.33. The monoisotopic (exact) mass is 374 g/mol. The quantitative estimate of drug-likeness (QED) is 0.597. The van der Waals surface area contributed by atoms with Crippen LogP contribution in [0.5, 0.6) is 0 Å². The minimum atomic E-state index is -0.837. The second kappa shape index (κ2) is 6.10. The molecular weight excluding hydrogens is 352 g/mol. The number of nitrogens with two attached hydrogens (primary N) is 1. The zero-order valence-corrected chi connectivity index (χ0v) is 15.3. The Morgan fingerprint density at radius 2 is 2.19 bits per heavy atom. The molecule has 2 fully saturated rings.